The molecular weight excluding hydrogens is 319 g/mol. The molecule has 0 unspecified atom stereocenters. The Kier molecular flexibility index (Phi) is 4.45. The zero-order chi connectivity index (χ0) is 14.7. The van der Waals surface area contributed by atoms with Crippen molar-refractivity contribution in [1.82, 2.24) is 0 Å². The topological polar surface area (TPSA) is 0 Å². The zero-order valence-electron chi connectivity index (χ0n) is 11.1. The quantitative estimate of drug-likeness (QED) is 0.492. The lowest BCUT2D eigenvalue weighted by atomic mass is 9.99. The summed E-state index contributed by atoms with van der Waals surface area (Å²) >= 11 is 13.4. The Morgan fingerprint density at radius 2 is 1.38 bits per heavy atom. The molecule has 104 valence electrons. The van der Waals surface area contributed by atoms with Crippen LogP contribution < -0.4 is 0 Å². The summed E-state index contributed by atoms with van der Waals surface area (Å²) in [5.74, 6) is 0. The van der Waals surface area contributed by atoms with Crippen LogP contribution in [0.2, 0.25) is 0 Å². The first-order chi connectivity index (χ1) is 10.3. The fourth-order valence-electron chi connectivity index (χ4n) is 2.30. The van der Waals surface area contributed by atoms with Gasteiger partial charge in [-0.05, 0) is 28.1 Å². The Morgan fingerprint density at radius 1 is 0.810 bits per heavy atom. The summed E-state index contributed by atoms with van der Waals surface area (Å²) in [6.07, 6.45) is 1.80. The standard InChI is InChI=1S/C18H12Cl2S/c19-16(20)11-15-12-21-18(14-9-5-2-6-10-14)17(15)13-7-3-1-4-8-13/h1-12H. The normalized spacial score (nSPS) is 10.4. The van der Waals surface area contributed by atoms with Crippen LogP contribution >= 0.6 is 34.5 Å². The van der Waals surface area contributed by atoms with E-state index in [4.69, 9.17) is 23.2 Å². The highest BCUT2D eigenvalue weighted by atomic mass is 35.5. The summed E-state index contributed by atoms with van der Waals surface area (Å²) in [6.45, 7) is 0. The second-order valence-corrected chi connectivity index (χ2v) is 6.45. The van der Waals surface area contributed by atoms with Crippen LogP contribution in [0.3, 0.4) is 0 Å². The van der Waals surface area contributed by atoms with E-state index in [2.05, 4.69) is 29.6 Å². The van der Waals surface area contributed by atoms with E-state index in [0.717, 1.165) is 5.56 Å². The van der Waals surface area contributed by atoms with E-state index in [1.807, 2.05) is 36.4 Å². The molecule has 0 aliphatic heterocycles. The molecule has 21 heavy (non-hydrogen) atoms. The summed E-state index contributed by atoms with van der Waals surface area (Å²) in [5, 5.41) is 2.09. The predicted octanol–water partition coefficient (Wildman–Crippen LogP) is 6.86. The summed E-state index contributed by atoms with van der Waals surface area (Å²) in [6, 6.07) is 20.7. The zero-order valence-corrected chi connectivity index (χ0v) is 13.4. The Morgan fingerprint density at radius 3 is 1.95 bits per heavy atom. The lowest BCUT2D eigenvalue weighted by molar-refractivity contribution is 1.64. The van der Waals surface area contributed by atoms with Crippen LogP contribution in [0.25, 0.3) is 27.6 Å². The predicted molar refractivity (Wildman–Crippen MR) is 94.9 cm³/mol. The molecule has 0 saturated carbocycles. The molecule has 0 N–H and O–H groups in total. The molecule has 2 aromatic carbocycles. The maximum absolute atomic E-state index is 5.86. The average molecular weight is 331 g/mol. The van der Waals surface area contributed by atoms with Gasteiger partial charge in [0.25, 0.3) is 0 Å². The molecular formula is C18H12Cl2S. The van der Waals surface area contributed by atoms with Crippen molar-refractivity contribution in [3.8, 4) is 21.6 Å². The molecule has 1 aromatic heterocycles. The average Bonchev–Trinajstić information content (AvgIpc) is 2.92. The van der Waals surface area contributed by atoms with Gasteiger partial charge in [-0.25, -0.2) is 0 Å². The van der Waals surface area contributed by atoms with Crippen LogP contribution in [0.5, 0.6) is 0 Å². The highest BCUT2D eigenvalue weighted by Crippen LogP contribution is 2.41. The Bertz CT molecular complexity index is 754. The van der Waals surface area contributed by atoms with Gasteiger partial charge < -0.3 is 0 Å². The molecule has 1 heterocycles. The van der Waals surface area contributed by atoms with Gasteiger partial charge in [-0.2, -0.15) is 0 Å². The minimum absolute atomic E-state index is 0.268. The Balaban J connectivity index is 2.23. The van der Waals surface area contributed by atoms with E-state index in [9.17, 15) is 0 Å². The largest absolute Gasteiger partial charge is 0.143 e. The third-order valence-electron chi connectivity index (χ3n) is 3.18. The van der Waals surface area contributed by atoms with E-state index < -0.39 is 0 Å². The Hall–Kier alpha value is -1.54. The number of rotatable bonds is 3. The third-order valence-corrected chi connectivity index (χ3v) is 4.45. The van der Waals surface area contributed by atoms with E-state index in [1.165, 1.54) is 21.6 Å². The van der Waals surface area contributed by atoms with E-state index in [0.29, 0.717) is 0 Å². The molecule has 0 radical (unpaired) electrons. The van der Waals surface area contributed by atoms with Crippen LogP contribution in [0.1, 0.15) is 5.56 Å². The van der Waals surface area contributed by atoms with Crippen LogP contribution in [-0.4, -0.2) is 0 Å². The van der Waals surface area contributed by atoms with Crippen molar-refractivity contribution >= 4 is 40.6 Å². The van der Waals surface area contributed by atoms with Gasteiger partial charge in [0.05, 0.1) is 0 Å². The van der Waals surface area contributed by atoms with Crippen molar-refractivity contribution in [3.05, 3.63) is 76.1 Å². The lowest BCUT2D eigenvalue weighted by Gasteiger charge is -2.06. The van der Waals surface area contributed by atoms with E-state index in [1.54, 1.807) is 17.4 Å². The second-order valence-electron chi connectivity index (χ2n) is 4.56. The van der Waals surface area contributed by atoms with Gasteiger partial charge >= 0.3 is 0 Å². The molecule has 0 aliphatic carbocycles. The van der Waals surface area contributed by atoms with Crippen LogP contribution in [-0.2, 0) is 0 Å². The third kappa shape index (κ3) is 3.21. The molecule has 0 aliphatic rings. The molecule has 0 bridgehead atoms. The first-order valence-electron chi connectivity index (χ1n) is 6.51. The number of hydrogen-bond acceptors (Lipinski definition) is 1. The monoisotopic (exact) mass is 330 g/mol. The van der Waals surface area contributed by atoms with Crippen molar-refractivity contribution < 1.29 is 0 Å². The number of hydrogen-bond donors (Lipinski definition) is 0. The number of halogens is 2. The van der Waals surface area contributed by atoms with Gasteiger partial charge in [0.15, 0.2) is 0 Å². The highest BCUT2D eigenvalue weighted by Gasteiger charge is 2.14. The van der Waals surface area contributed by atoms with Crippen molar-refractivity contribution in [3.63, 3.8) is 0 Å². The summed E-state index contributed by atoms with van der Waals surface area (Å²) in [7, 11) is 0. The summed E-state index contributed by atoms with van der Waals surface area (Å²) in [5.41, 5.74) is 4.58. The van der Waals surface area contributed by atoms with Gasteiger partial charge in [0.2, 0.25) is 0 Å². The molecule has 0 spiro atoms. The van der Waals surface area contributed by atoms with Crippen molar-refractivity contribution in [2.75, 3.05) is 0 Å². The van der Waals surface area contributed by atoms with Crippen molar-refractivity contribution in [2.45, 2.75) is 0 Å². The van der Waals surface area contributed by atoms with Crippen LogP contribution in [0.15, 0.2) is 70.5 Å². The van der Waals surface area contributed by atoms with E-state index in [-0.39, 0.29) is 4.49 Å². The fourth-order valence-corrected chi connectivity index (χ4v) is 3.59. The maximum Gasteiger partial charge on any atom is 0.107 e. The lowest BCUT2D eigenvalue weighted by Crippen LogP contribution is -1.82. The smallest absolute Gasteiger partial charge is 0.107 e. The summed E-state index contributed by atoms with van der Waals surface area (Å²) < 4.78 is 0.268. The van der Waals surface area contributed by atoms with E-state index >= 15 is 0 Å². The van der Waals surface area contributed by atoms with Gasteiger partial charge in [-0.15, -0.1) is 11.3 Å². The molecule has 0 amide bonds. The molecule has 3 rings (SSSR count). The van der Waals surface area contributed by atoms with Gasteiger partial charge in [-0.1, -0.05) is 83.9 Å². The molecule has 0 nitrogen and oxygen atoms in total. The van der Waals surface area contributed by atoms with Gasteiger partial charge in [0, 0.05) is 10.4 Å². The molecule has 0 fully saturated rings. The molecule has 3 aromatic rings. The highest BCUT2D eigenvalue weighted by molar-refractivity contribution is 7.14. The van der Waals surface area contributed by atoms with Crippen LogP contribution in [0.4, 0.5) is 0 Å². The van der Waals surface area contributed by atoms with Crippen molar-refractivity contribution in [2.24, 2.45) is 0 Å². The number of thiophene rings is 1. The molecule has 0 atom stereocenters. The first-order valence-corrected chi connectivity index (χ1v) is 8.14. The SMILES string of the molecule is ClC(Cl)=Cc1csc(-c2ccccc2)c1-c1ccccc1. The first kappa shape index (κ1) is 14.4. The minimum Gasteiger partial charge on any atom is -0.143 e. The number of benzene rings is 2. The Labute approximate surface area is 138 Å². The van der Waals surface area contributed by atoms with Crippen molar-refractivity contribution in [1.29, 1.82) is 0 Å². The summed E-state index contributed by atoms with van der Waals surface area (Å²) in [4.78, 5) is 1.22. The molecule has 0 saturated heterocycles. The maximum atomic E-state index is 5.86. The second kappa shape index (κ2) is 6.48. The van der Waals surface area contributed by atoms with Gasteiger partial charge in [-0.3, -0.25) is 0 Å². The van der Waals surface area contributed by atoms with Gasteiger partial charge in [0.1, 0.15) is 4.49 Å². The minimum atomic E-state index is 0.268. The fraction of sp³-hybridized carbons (Fsp3) is 0. The molecule has 3 heteroatoms. The van der Waals surface area contributed by atoms with Crippen LogP contribution in [0, 0.1) is 0 Å².